The van der Waals surface area contributed by atoms with Crippen molar-refractivity contribution in [3.05, 3.63) is 42.5 Å². The minimum absolute atomic E-state index is 0.260. The van der Waals surface area contributed by atoms with Gasteiger partial charge < -0.3 is 5.32 Å². The van der Waals surface area contributed by atoms with Crippen molar-refractivity contribution in [2.45, 2.75) is 10.9 Å². The molecule has 2 heteroatoms. The van der Waals surface area contributed by atoms with E-state index in [1.165, 1.54) is 10.5 Å². The maximum Gasteiger partial charge on any atom is 0.0501 e. The van der Waals surface area contributed by atoms with Gasteiger partial charge in [0.15, 0.2) is 0 Å². The van der Waals surface area contributed by atoms with Crippen molar-refractivity contribution in [3.8, 4) is 0 Å². The fourth-order valence-electron chi connectivity index (χ4n) is 1.23. The molecular weight excluding hydrogens is 178 g/mol. The Morgan fingerprint density at radius 1 is 1.38 bits per heavy atom. The van der Waals surface area contributed by atoms with Gasteiger partial charge in [0.1, 0.15) is 0 Å². The predicted octanol–water partition coefficient (Wildman–Crippen LogP) is 2.86. The second-order valence-corrected chi connectivity index (χ2v) is 3.65. The molecule has 1 unspecified atom stereocenters. The third kappa shape index (κ3) is 2.61. The second-order valence-electron chi connectivity index (χ2n) is 2.78. The van der Waals surface area contributed by atoms with Crippen LogP contribution < -0.4 is 5.32 Å². The van der Waals surface area contributed by atoms with Crippen LogP contribution in [0.2, 0.25) is 0 Å². The Balaban J connectivity index is 2.83. The first-order chi connectivity index (χ1) is 6.31. The molecule has 0 aliphatic heterocycles. The highest BCUT2D eigenvalue weighted by atomic mass is 32.2. The van der Waals surface area contributed by atoms with E-state index in [1.807, 2.05) is 13.1 Å². The molecule has 1 nitrogen and oxygen atoms in total. The molecule has 1 atom stereocenters. The lowest BCUT2D eigenvalue weighted by molar-refractivity contribution is 0.716. The van der Waals surface area contributed by atoms with Crippen LogP contribution in [0.1, 0.15) is 11.6 Å². The van der Waals surface area contributed by atoms with Crippen molar-refractivity contribution < 1.29 is 0 Å². The monoisotopic (exact) mass is 193 g/mol. The van der Waals surface area contributed by atoms with E-state index in [0.29, 0.717) is 0 Å². The van der Waals surface area contributed by atoms with Gasteiger partial charge in [-0.2, -0.15) is 0 Å². The summed E-state index contributed by atoms with van der Waals surface area (Å²) in [4.78, 5) is 1.29. The van der Waals surface area contributed by atoms with E-state index in [-0.39, 0.29) is 6.04 Å². The fraction of sp³-hybridized carbons (Fsp3) is 0.273. The number of hydrogen-bond acceptors (Lipinski definition) is 2. The molecule has 0 bridgehead atoms. The molecule has 0 saturated heterocycles. The zero-order chi connectivity index (χ0) is 9.68. The van der Waals surface area contributed by atoms with Crippen molar-refractivity contribution in [1.82, 2.24) is 5.32 Å². The third-order valence-corrected chi connectivity index (χ3v) is 2.77. The van der Waals surface area contributed by atoms with Gasteiger partial charge in [-0.05, 0) is 31.0 Å². The first kappa shape index (κ1) is 10.4. The van der Waals surface area contributed by atoms with Crippen LogP contribution in [-0.2, 0) is 0 Å². The quantitative estimate of drug-likeness (QED) is 0.583. The van der Waals surface area contributed by atoms with Crippen molar-refractivity contribution in [1.29, 1.82) is 0 Å². The number of thioether (sulfide) groups is 1. The molecular formula is C11H15NS. The summed E-state index contributed by atoms with van der Waals surface area (Å²) in [6, 6.07) is 8.79. The summed E-state index contributed by atoms with van der Waals surface area (Å²) in [5.74, 6) is 0. The zero-order valence-electron chi connectivity index (χ0n) is 8.08. The molecule has 0 heterocycles. The van der Waals surface area contributed by atoms with Gasteiger partial charge in [-0.15, -0.1) is 18.3 Å². The van der Waals surface area contributed by atoms with E-state index in [9.17, 15) is 0 Å². The minimum Gasteiger partial charge on any atom is -0.310 e. The zero-order valence-corrected chi connectivity index (χ0v) is 8.90. The molecule has 0 fully saturated rings. The molecule has 0 spiro atoms. The highest BCUT2D eigenvalue weighted by molar-refractivity contribution is 7.98. The summed E-state index contributed by atoms with van der Waals surface area (Å²) in [5.41, 5.74) is 1.26. The van der Waals surface area contributed by atoms with E-state index in [0.717, 1.165) is 0 Å². The molecule has 1 aromatic rings. The van der Waals surface area contributed by atoms with Gasteiger partial charge in [0, 0.05) is 4.90 Å². The summed E-state index contributed by atoms with van der Waals surface area (Å²) in [6.45, 7) is 3.78. The summed E-state index contributed by atoms with van der Waals surface area (Å²) in [6.07, 6.45) is 3.99. The van der Waals surface area contributed by atoms with Crippen LogP contribution in [0.4, 0.5) is 0 Å². The lowest BCUT2D eigenvalue weighted by Crippen LogP contribution is -2.13. The van der Waals surface area contributed by atoms with Gasteiger partial charge in [0.2, 0.25) is 0 Å². The molecule has 13 heavy (non-hydrogen) atoms. The SMILES string of the molecule is C=CC(NC)c1ccc(SC)cc1. The molecule has 0 aromatic heterocycles. The maximum absolute atomic E-state index is 3.78. The maximum atomic E-state index is 3.78. The Labute approximate surface area is 84.2 Å². The molecule has 70 valence electrons. The fourth-order valence-corrected chi connectivity index (χ4v) is 1.64. The minimum atomic E-state index is 0.260. The van der Waals surface area contributed by atoms with Crippen LogP contribution in [0.25, 0.3) is 0 Å². The standard InChI is InChI=1S/C11H15NS/c1-4-11(12-2)9-5-7-10(13-3)8-6-9/h4-8,11-12H,1H2,2-3H3. The van der Waals surface area contributed by atoms with Crippen LogP contribution >= 0.6 is 11.8 Å². The van der Waals surface area contributed by atoms with Crippen LogP contribution in [0.15, 0.2) is 41.8 Å². The average molecular weight is 193 g/mol. The molecule has 0 aliphatic carbocycles. The van der Waals surface area contributed by atoms with Crippen LogP contribution in [0.3, 0.4) is 0 Å². The lowest BCUT2D eigenvalue weighted by Gasteiger charge is -2.11. The van der Waals surface area contributed by atoms with Gasteiger partial charge in [0.25, 0.3) is 0 Å². The third-order valence-electron chi connectivity index (χ3n) is 2.02. The van der Waals surface area contributed by atoms with E-state index in [1.54, 1.807) is 11.8 Å². The molecule has 1 rings (SSSR count). The van der Waals surface area contributed by atoms with Crippen LogP contribution in [-0.4, -0.2) is 13.3 Å². The highest BCUT2D eigenvalue weighted by Gasteiger charge is 2.02. The Bertz CT molecular complexity index is 266. The largest absolute Gasteiger partial charge is 0.310 e. The number of likely N-dealkylation sites (N-methyl/N-ethyl adjacent to an activating group) is 1. The topological polar surface area (TPSA) is 12.0 Å². The Hall–Kier alpha value is -0.730. The van der Waals surface area contributed by atoms with Crippen molar-refractivity contribution >= 4 is 11.8 Å². The molecule has 0 saturated carbocycles. The van der Waals surface area contributed by atoms with E-state index in [4.69, 9.17) is 0 Å². The summed E-state index contributed by atoms with van der Waals surface area (Å²) >= 11 is 1.76. The molecule has 0 aliphatic rings. The lowest BCUT2D eigenvalue weighted by atomic mass is 10.1. The average Bonchev–Trinajstić information content (AvgIpc) is 2.21. The summed E-state index contributed by atoms with van der Waals surface area (Å²) < 4.78 is 0. The number of rotatable bonds is 4. The van der Waals surface area contributed by atoms with Crippen molar-refractivity contribution in [2.24, 2.45) is 0 Å². The normalized spacial score (nSPS) is 12.5. The first-order valence-electron chi connectivity index (χ1n) is 4.25. The predicted molar refractivity (Wildman–Crippen MR) is 60.2 cm³/mol. The van der Waals surface area contributed by atoms with Crippen molar-refractivity contribution in [3.63, 3.8) is 0 Å². The summed E-state index contributed by atoms with van der Waals surface area (Å²) in [5, 5.41) is 3.18. The summed E-state index contributed by atoms with van der Waals surface area (Å²) in [7, 11) is 1.94. The highest BCUT2D eigenvalue weighted by Crippen LogP contribution is 2.19. The first-order valence-corrected chi connectivity index (χ1v) is 5.48. The van der Waals surface area contributed by atoms with E-state index in [2.05, 4.69) is 42.4 Å². The number of hydrogen-bond donors (Lipinski definition) is 1. The van der Waals surface area contributed by atoms with Gasteiger partial charge in [-0.1, -0.05) is 18.2 Å². The Morgan fingerprint density at radius 3 is 2.38 bits per heavy atom. The molecule has 1 N–H and O–H groups in total. The van der Waals surface area contributed by atoms with E-state index >= 15 is 0 Å². The second kappa shape index (κ2) is 5.10. The Kier molecular flexibility index (Phi) is 4.06. The van der Waals surface area contributed by atoms with Gasteiger partial charge >= 0.3 is 0 Å². The van der Waals surface area contributed by atoms with Gasteiger partial charge in [-0.25, -0.2) is 0 Å². The molecule has 0 amide bonds. The van der Waals surface area contributed by atoms with Crippen LogP contribution in [0, 0.1) is 0 Å². The van der Waals surface area contributed by atoms with Crippen molar-refractivity contribution in [2.75, 3.05) is 13.3 Å². The molecule has 0 radical (unpaired) electrons. The number of nitrogens with one attached hydrogen (secondary N) is 1. The smallest absolute Gasteiger partial charge is 0.0501 e. The van der Waals surface area contributed by atoms with Gasteiger partial charge in [0.05, 0.1) is 6.04 Å². The molecule has 1 aromatic carbocycles. The Morgan fingerprint density at radius 2 is 2.00 bits per heavy atom. The van der Waals surface area contributed by atoms with Gasteiger partial charge in [-0.3, -0.25) is 0 Å². The van der Waals surface area contributed by atoms with Crippen LogP contribution in [0.5, 0.6) is 0 Å². The number of benzene rings is 1. The van der Waals surface area contributed by atoms with E-state index < -0.39 is 0 Å².